The number of rotatable bonds is 7. The number of carbonyl (C=O) groups is 1. The van der Waals surface area contributed by atoms with Crippen LogP contribution >= 0.6 is 0 Å². The Hall–Kier alpha value is -0.393. The van der Waals surface area contributed by atoms with Gasteiger partial charge in [0.05, 0.1) is 13.0 Å². The largest absolute Gasteiger partial charge is 0.469 e. The zero-order valence-electron chi connectivity index (χ0n) is 19.0. The van der Waals surface area contributed by atoms with Crippen LogP contribution in [0.15, 0.2) is 0 Å². The molecule has 166 valence electrons. The molecule has 4 rings (SSSR count). The molecular weight excluding hydrogens is 376 g/mol. The van der Waals surface area contributed by atoms with E-state index >= 15 is 0 Å². The van der Waals surface area contributed by atoms with E-state index in [-0.39, 0.29) is 11.9 Å². The van der Waals surface area contributed by atoms with Crippen molar-refractivity contribution in [2.75, 3.05) is 33.4 Å². The highest BCUT2D eigenvalue weighted by molar-refractivity contribution is 6.81. The molecule has 1 unspecified atom stereocenters. The average Bonchev–Trinajstić information content (AvgIpc) is 3.52. The van der Waals surface area contributed by atoms with Gasteiger partial charge in [0.15, 0.2) is 0 Å². The third kappa shape index (κ3) is 4.34. The summed E-state index contributed by atoms with van der Waals surface area (Å²) in [7, 11) is -0.0210. The van der Waals surface area contributed by atoms with Gasteiger partial charge >= 0.3 is 5.97 Å². The lowest BCUT2D eigenvalue weighted by molar-refractivity contribution is -0.145. The van der Waals surface area contributed by atoms with Crippen LogP contribution in [0.4, 0.5) is 0 Å². The molecular formula is C24H44N2O2Si. The van der Waals surface area contributed by atoms with E-state index in [0.717, 1.165) is 36.4 Å². The number of esters is 1. The zero-order chi connectivity index (χ0) is 20.3. The third-order valence-electron chi connectivity index (χ3n) is 8.98. The summed E-state index contributed by atoms with van der Waals surface area (Å²) in [6, 6.07) is 0. The lowest BCUT2D eigenvalue weighted by Crippen LogP contribution is -2.66. The van der Waals surface area contributed by atoms with Crippen molar-refractivity contribution in [1.82, 2.24) is 9.47 Å². The summed E-state index contributed by atoms with van der Waals surface area (Å²) >= 11 is 0. The molecule has 4 nitrogen and oxygen atoms in total. The molecule has 3 saturated carbocycles. The summed E-state index contributed by atoms with van der Waals surface area (Å²) in [4.78, 5) is 14.6. The van der Waals surface area contributed by atoms with Crippen LogP contribution in [0.2, 0.25) is 16.6 Å². The predicted molar refractivity (Wildman–Crippen MR) is 121 cm³/mol. The Balaban J connectivity index is 1.60. The lowest BCUT2D eigenvalue weighted by atomic mass is 10.1. The maximum absolute atomic E-state index is 12.0. The number of carbonyl (C=O) groups excluding carboxylic acids is 1. The predicted octanol–water partition coefficient (Wildman–Crippen LogP) is 5.54. The molecule has 1 atom stereocenters. The van der Waals surface area contributed by atoms with Gasteiger partial charge in [-0.3, -0.25) is 9.69 Å². The molecule has 0 radical (unpaired) electrons. The number of methoxy groups -OCH3 is 1. The van der Waals surface area contributed by atoms with E-state index in [0.29, 0.717) is 0 Å². The number of hydrogen-bond donors (Lipinski definition) is 0. The van der Waals surface area contributed by atoms with Gasteiger partial charge in [-0.1, -0.05) is 84.0 Å². The fourth-order valence-electron chi connectivity index (χ4n) is 7.94. The van der Waals surface area contributed by atoms with Gasteiger partial charge in [-0.05, 0) is 29.6 Å². The summed E-state index contributed by atoms with van der Waals surface area (Å²) in [6.45, 7) is 6.53. The minimum Gasteiger partial charge on any atom is -0.469 e. The highest BCUT2D eigenvalue weighted by Crippen LogP contribution is 2.60. The molecule has 0 amide bonds. The second-order valence-electron chi connectivity index (χ2n) is 10.6. The molecule has 4 aliphatic rings. The van der Waals surface area contributed by atoms with Gasteiger partial charge in [0.2, 0.25) is 0 Å². The molecule has 1 heterocycles. The van der Waals surface area contributed by atoms with Crippen molar-refractivity contribution in [3.63, 3.8) is 0 Å². The van der Waals surface area contributed by atoms with E-state index < -0.39 is 8.24 Å². The number of ether oxygens (including phenoxy) is 1. The fourth-order valence-corrected chi connectivity index (χ4v) is 16.5. The standard InChI is InChI=1S/C24H44N2O2Si/c1-20(24(27)28-2)18-25-16-9-17-26(19-25)29(21-10-3-4-11-21,22-12-5-6-13-22)23-14-7-8-15-23/h20-23H,3-19H2,1-2H3. The van der Waals surface area contributed by atoms with Crippen molar-refractivity contribution in [3.8, 4) is 0 Å². The van der Waals surface area contributed by atoms with Crippen molar-refractivity contribution < 1.29 is 9.53 Å². The molecule has 1 saturated heterocycles. The Kier molecular flexibility index (Phi) is 7.39. The first-order valence-electron chi connectivity index (χ1n) is 12.7. The smallest absolute Gasteiger partial charge is 0.309 e. The molecule has 5 heteroatoms. The quantitative estimate of drug-likeness (QED) is 0.400. The lowest BCUT2D eigenvalue weighted by Gasteiger charge is -2.56. The van der Waals surface area contributed by atoms with Gasteiger partial charge in [0.1, 0.15) is 8.24 Å². The molecule has 0 N–H and O–H groups in total. The van der Waals surface area contributed by atoms with Crippen LogP contribution in [0, 0.1) is 5.92 Å². The van der Waals surface area contributed by atoms with Gasteiger partial charge in [-0.25, -0.2) is 0 Å². The van der Waals surface area contributed by atoms with Crippen molar-refractivity contribution >= 4 is 14.2 Å². The zero-order valence-corrected chi connectivity index (χ0v) is 20.0. The second-order valence-corrected chi connectivity index (χ2v) is 15.4. The molecule has 0 aromatic rings. The summed E-state index contributed by atoms with van der Waals surface area (Å²) < 4.78 is 8.15. The fraction of sp³-hybridized carbons (Fsp3) is 0.958. The van der Waals surface area contributed by atoms with Crippen LogP contribution in [-0.4, -0.2) is 57.1 Å². The minimum atomic E-state index is -1.55. The van der Waals surface area contributed by atoms with E-state index in [1.165, 1.54) is 97.1 Å². The Morgan fingerprint density at radius 1 is 0.862 bits per heavy atom. The maximum Gasteiger partial charge on any atom is 0.309 e. The minimum absolute atomic E-state index is 0.0135. The SMILES string of the molecule is COC(=O)C(C)CN1CCCN([Si](C2CCCC2)(C2CCCC2)C2CCCC2)C1. The molecule has 0 bridgehead atoms. The van der Waals surface area contributed by atoms with Gasteiger partial charge in [-0.15, -0.1) is 0 Å². The van der Waals surface area contributed by atoms with Gasteiger partial charge < -0.3 is 9.30 Å². The van der Waals surface area contributed by atoms with Crippen LogP contribution in [-0.2, 0) is 9.53 Å². The maximum atomic E-state index is 12.0. The van der Waals surface area contributed by atoms with Crippen LogP contribution in [0.1, 0.15) is 90.4 Å². The molecule has 1 aliphatic heterocycles. The topological polar surface area (TPSA) is 32.8 Å². The van der Waals surface area contributed by atoms with Crippen LogP contribution < -0.4 is 0 Å². The molecule has 3 aliphatic carbocycles. The van der Waals surface area contributed by atoms with Crippen LogP contribution in [0.5, 0.6) is 0 Å². The first kappa shape index (κ1) is 21.8. The van der Waals surface area contributed by atoms with E-state index in [4.69, 9.17) is 4.74 Å². The average molecular weight is 421 g/mol. The Bertz CT molecular complexity index is 498. The van der Waals surface area contributed by atoms with Crippen molar-refractivity contribution in [3.05, 3.63) is 0 Å². The summed E-state index contributed by atoms with van der Waals surface area (Å²) in [5.74, 6) is -0.0616. The van der Waals surface area contributed by atoms with E-state index in [9.17, 15) is 4.79 Å². The van der Waals surface area contributed by atoms with E-state index in [1.807, 2.05) is 6.92 Å². The summed E-state index contributed by atoms with van der Waals surface area (Å²) in [6.07, 6.45) is 19.3. The number of nitrogens with zero attached hydrogens (tertiary/aromatic N) is 2. The highest BCUT2D eigenvalue weighted by atomic mass is 28.3. The summed E-state index contributed by atoms with van der Waals surface area (Å²) in [5.41, 5.74) is 3.14. The van der Waals surface area contributed by atoms with Gasteiger partial charge in [0, 0.05) is 19.8 Å². The number of hydrogen-bond acceptors (Lipinski definition) is 4. The third-order valence-corrected chi connectivity index (χ3v) is 16.1. The van der Waals surface area contributed by atoms with Gasteiger partial charge in [0.25, 0.3) is 0 Å². The van der Waals surface area contributed by atoms with E-state index in [2.05, 4.69) is 9.47 Å². The molecule has 29 heavy (non-hydrogen) atoms. The van der Waals surface area contributed by atoms with E-state index in [1.54, 1.807) is 0 Å². The molecule has 0 aromatic heterocycles. The molecule has 0 aromatic carbocycles. The molecule has 0 spiro atoms. The Morgan fingerprint density at radius 2 is 1.34 bits per heavy atom. The highest BCUT2D eigenvalue weighted by Gasteiger charge is 2.58. The van der Waals surface area contributed by atoms with Crippen LogP contribution in [0.3, 0.4) is 0 Å². The Labute approximate surface area is 179 Å². The second kappa shape index (κ2) is 9.82. The first-order chi connectivity index (χ1) is 14.2. The van der Waals surface area contributed by atoms with Crippen LogP contribution in [0.25, 0.3) is 0 Å². The van der Waals surface area contributed by atoms with Gasteiger partial charge in [-0.2, -0.15) is 0 Å². The normalized spacial score (nSPS) is 27.7. The van der Waals surface area contributed by atoms with Crippen molar-refractivity contribution in [1.29, 1.82) is 0 Å². The monoisotopic (exact) mass is 420 g/mol. The molecule has 4 fully saturated rings. The first-order valence-corrected chi connectivity index (χ1v) is 14.9. The van der Waals surface area contributed by atoms with Crippen molar-refractivity contribution in [2.24, 2.45) is 5.92 Å². The Morgan fingerprint density at radius 3 is 1.79 bits per heavy atom. The summed E-state index contributed by atoms with van der Waals surface area (Å²) in [5, 5.41) is 0. The van der Waals surface area contributed by atoms with Crippen molar-refractivity contribution in [2.45, 2.75) is 107 Å².